The molecular formula is C18H15F3N2O4S. The van der Waals surface area contributed by atoms with Crippen molar-refractivity contribution in [3.05, 3.63) is 36.0 Å². The van der Waals surface area contributed by atoms with Crippen molar-refractivity contribution in [2.45, 2.75) is 35.4 Å². The molecule has 0 spiro atoms. The number of benzene rings is 1. The van der Waals surface area contributed by atoms with Crippen LogP contribution in [0.2, 0.25) is 0 Å². The molecule has 2 aliphatic rings. The summed E-state index contributed by atoms with van der Waals surface area (Å²) < 4.78 is 55.9. The Morgan fingerprint density at radius 2 is 2.07 bits per heavy atom. The number of fused-ring (bicyclic) bond motifs is 2. The van der Waals surface area contributed by atoms with E-state index in [9.17, 15) is 18.0 Å². The Balaban J connectivity index is 1.69. The van der Waals surface area contributed by atoms with E-state index in [0.717, 1.165) is 17.8 Å². The summed E-state index contributed by atoms with van der Waals surface area (Å²) in [6, 6.07) is 7.49. The van der Waals surface area contributed by atoms with E-state index in [-0.39, 0.29) is 35.8 Å². The molecule has 2 aromatic rings. The highest BCUT2D eigenvalue weighted by atomic mass is 32.2. The van der Waals surface area contributed by atoms with E-state index in [2.05, 4.69) is 9.97 Å². The molecule has 1 aromatic heterocycles. The van der Waals surface area contributed by atoms with Gasteiger partial charge in [-0.2, -0.15) is 13.2 Å². The predicted molar refractivity (Wildman–Crippen MR) is 92.9 cm³/mol. The lowest BCUT2D eigenvalue weighted by Crippen LogP contribution is -2.37. The molecule has 2 saturated heterocycles. The van der Waals surface area contributed by atoms with Gasteiger partial charge in [0, 0.05) is 17.2 Å². The molecule has 148 valence electrons. The van der Waals surface area contributed by atoms with Gasteiger partial charge in [-0.3, -0.25) is 4.79 Å². The second-order valence-corrected chi connectivity index (χ2v) is 7.52. The van der Waals surface area contributed by atoms with Gasteiger partial charge in [0.15, 0.2) is 10.9 Å². The highest BCUT2D eigenvalue weighted by molar-refractivity contribution is 7.99. The second kappa shape index (κ2) is 7.34. The summed E-state index contributed by atoms with van der Waals surface area (Å²) in [5, 5.41) is -0.479. The fraction of sp³-hybridized carbons (Fsp3) is 0.389. The molecule has 0 saturated carbocycles. The van der Waals surface area contributed by atoms with Crippen LogP contribution in [0.4, 0.5) is 13.2 Å². The Labute approximate surface area is 162 Å². The number of ether oxygens (including phenoxy) is 3. The SMILES string of the molecule is COc1cccc(-c2cc(C(F)(F)F)nc(SC3CC(=O)C4OCC3O4)n2)c1. The van der Waals surface area contributed by atoms with Crippen LogP contribution < -0.4 is 4.74 Å². The standard InChI is InChI=1S/C18H15F3N2O4S/c1-25-10-4-2-3-9(5-10)11-6-15(18(19,20)21)23-17(22-11)28-14-7-12(24)16-26-8-13(14)27-16/h2-6,13-14,16H,7-8H2,1H3. The van der Waals surface area contributed by atoms with Gasteiger partial charge < -0.3 is 14.2 Å². The van der Waals surface area contributed by atoms with Crippen LogP contribution >= 0.6 is 11.8 Å². The van der Waals surface area contributed by atoms with Crippen LogP contribution in [0.3, 0.4) is 0 Å². The molecule has 0 amide bonds. The quantitative estimate of drug-likeness (QED) is 0.714. The number of thioether (sulfide) groups is 1. The van der Waals surface area contributed by atoms with E-state index in [0.29, 0.717) is 11.3 Å². The normalized spacial score (nSPS) is 24.4. The summed E-state index contributed by atoms with van der Waals surface area (Å²) in [6.45, 7) is 0.218. The van der Waals surface area contributed by atoms with Gasteiger partial charge in [-0.15, -0.1) is 0 Å². The topological polar surface area (TPSA) is 70.5 Å². The highest BCUT2D eigenvalue weighted by Crippen LogP contribution is 2.38. The van der Waals surface area contributed by atoms with Crippen LogP contribution in [0, 0.1) is 0 Å². The van der Waals surface area contributed by atoms with Gasteiger partial charge in [0.2, 0.25) is 6.29 Å². The first kappa shape index (κ1) is 19.2. The molecule has 28 heavy (non-hydrogen) atoms. The smallest absolute Gasteiger partial charge is 0.433 e. The maximum atomic E-state index is 13.4. The van der Waals surface area contributed by atoms with E-state index in [1.807, 2.05) is 0 Å². The van der Waals surface area contributed by atoms with Gasteiger partial charge in [-0.25, -0.2) is 9.97 Å². The molecule has 3 unspecified atom stereocenters. The Morgan fingerprint density at radius 1 is 1.25 bits per heavy atom. The monoisotopic (exact) mass is 412 g/mol. The average molecular weight is 412 g/mol. The largest absolute Gasteiger partial charge is 0.497 e. The maximum Gasteiger partial charge on any atom is 0.433 e. The number of carbonyl (C=O) groups excluding carboxylic acids is 1. The zero-order valence-electron chi connectivity index (χ0n) is 14.6. The van der Waals surface area contributed by atoms with Crippen molar-refractivity contribution in [3.8, 4) is 17.0 Å². The van der Waals surface area contributed by atoms with Gasteiger partial charge in [-0.05, 0) is 18.2 Å². The summed E-state index contributed by atoms with van der Waals surface area (Å²) in [5.74, 6) is 0.269. The van der Waals surface area contributed by atoms with Crippen LogP contribution in [0.1, 0.15) is 12.1 Å². The summed E-state index contributed by atoms with van der Waals surface area (Å²) >= 11 is 0.997. The van der Waals surface area contributed by atoms with Gasteiger partial charge in [0.25, 0.3) is 0 Å². The predicted octanol–water partition coefficient (Wildman–Crippen LogP) is 3.35. The van der Waals surface area contributed by atoms with Gasteiger partial charge in [0.05, 0.1) is 25.5 Å². The number of ketones is 1. The number of Topliss-reactive ketones (excluding diaryl/α,β-unsaturated/α-hetero) is 1. The zero-order chi connectivity index (χ0) is 19.9. The van der Waals surface area contributed by atoms with Crippen molar-refractivity contribution in [1.29, 1.82) is 0 Å². The van der Waals surface area contributed by atoms with Crippen LogP contribution in [-0.2, 0) is 20.4 Å². The molecule has 6 nitrogen and oxygen atoms in total. The van der Waals surface area contributed by atoms with Crippen molar-refractivity contribution in [2.24, 2.45) is 0 Å². The number of halogens is 3. The number of methoxy groups -OCH3 is 1. The van der Waals surface area contributed by atoms with Crippen molar-refractivity contribution in [3.63, 3.8) is 0 Å². The van der Waals surface area contributed by atoms with Crippen molar-refractivity contribution in [1.82, 2.24) is 9.97 Å². The Hall–Kier alpha value is -2.17. The average Bonchev–Trinajstić information content (AvgIpc) is 3.11. The Morgan fingerprint density at radius 3 is 2.82 bits per heavy atom. The van der Waals surface area contributed by atoms with E-state index in [1.54, 1.807) is 24.3 Å². The molecule has 10 heteroatoms. The first-order valence-electron chi connectivity index (χ1n) is 8.40. The fourth-order valence-electron chi connectivity index (χ4n) is 3.02. The third-order valence-electron chi connectivity index (χ3n) is 4.41. The van der Waals surface area contributed by atoms with Crippen molar-refractivity contribution >= 4 is 17.5 Å². The highest BCUT2D eigenvalue weighted by Gasteiger charge is 2.44. The molecule has 1 aromatic carbocycles. The Kier molecular flexibility index (Phi) is 5.02. The third-order valence-corrected chi connectivity index (χ3v) is 5.57. The van der Waals surface area contributed by atoms with Crippen LogP contribution in [0.5, 0.6) is 5.75 Å². The molecule has 2 bridgehead atoms. The van der Waals surface area contributed by atoms with Gasteiger partial charge in [0.1, 0.15) is 11.4 Å². The minimum absolute atomic E-state index is 0.0700. The minimum atomic E-state index is -4.63. The summed E-state index contributed by atoms with van der Waals surface area (Å²) in [7, 11) is 1.47. The number of hydrogen-bond acceptors (Lipinski definition) is 7. The first-order valence-corrected chi connectivity index (χ1v) is 9.28. The van der Waals surface area contributed by atoms with Gasteiger partial charge >= 0.3 is 6.18 Å². The summed E-state index contributed by atoms with van der Waals surface area (Å²) in [4.78, 5) is 19.9. The maximum absolute atomic E-state index is 13.4. The van der Waals surface area contributed by atoms with Crippen LogP contribution in [0.25, 0.3) is 11.3 Å². The zero-order valence-corrected chi connectivity index (χ0v) is 15.4. The van der Waals surface area contributed by atoms with Crippen LogP contribution in [0.15, 0.2) is 35.5 Å². The van der Waals surface area contributed by atoms with Crippen molar-refractivity contribution in [2.75, 3.05) is 13.7 Å². The fourth-order valence-corrected chi connectivity index (χ4v) is 4.13. The second-order valence-electron chi connectivity index (χ2n) is 6.32. The van der Waals surface area contributed by atoms with E-state index in [4.69, 9.17) is 14.2 Å². The lowest BCUT2D eigenvalue weighted by atomic mass is 10.1. The molecule has 3 heterocycles. The molecular weight excluding hydrogens is 397 g/mol. The lowest BCUT2D eigenvalue weighted by Gasteiger charge is -2.25. The number of rotatable bonds is 4. The molecule has 0 radical (unpaired) electrons. The first-order chi connectivity index (χ1) is 13.3. The van der Waals surface area contributed by atoms with E-state index < -0.39 is 23.4 Å². The summed E-state index contributed by atoms with van der Waals surface area (Å²) in [5.41, 5.74) is -0.465. The number of alkyl halides is 3. The summed E-state index contributed by atoms with van der Waals surface area (Å²) in [6.07, 6.45) is -5.75. The number of carbonyl (C=O) groups is 1. The molecule has 2 aliphatic heterocycles. The molecule has 0 N–H and O–H groups in total. The van der Waals surface area contributed by atoms with Crippen LogP contribution in [-0.4, -0.2) is 47.1 Å². The Bertz CT molecular complexity index is 909. The number of aromatic nitrogens is 2. The molecule has 4 rings (SSSR count). The van der Waals surface area contributed by atoms with Crippen molar-refractivity contribution < 1.29 is 32.2 Å². The van der Waals surface area contributed by atoms with E-state index in [1.165, 1.54) is 7.11 Å². The molecule has 3 atom stereocenters. The lowest BCUT2D eigenvalue weighted by molar-refractivity contribution is -0.151. The van der Waals surface area contributed by atoms with Gasteiger partial charge in [-0.1, -0.05) is 23.9 Å². The number of nitrogens with zero attached hydrogens (tertiary/aromatic N) is 2. The molecule has 0 aliphatic carbocycles. The third kappa shape index (κ3) is 3.85. The number of hydrogen-bond donors (Lipinski definition) is 0. The van der Waals surface area contributed by atoms with E-state index >= 15 is 0 Å². The minimum Gasteiger partial charge on any atom is -0.497 e. The molecule has 2 fully saturated rings.